The number of halogens is 3. The Morgan fingerprint density at radius 2 is 1.96 bits per heavy atom. The standard InChI is InChI=1S/C18H14F3N3O/c1-23-15-5-4-13(18(19,20)21)7-12(15)8-16(23)17(25)24-9-11-3-2-6-22-14(11)10-24/h2-8H,9-10H2,1H3. The lowest BCUT2D eigenvalue weighted by Gasteiger charge is -2.15. The van der Waals surface area contributed by atoms with Crippen LogP contribution >= 0.6 is 0 Å². The van der Waals surface area contributed by atoms with Crippen molar-refractivity contribution < 1.29 is 18.0 Å². The van der Waals surface area contributed by atoms with Crippen molar-refractivity contribution in [1.29, 1.82) is 0 Å². The van der Waals surface area contributed by atoms with Gasteiger partial charge in [0.2, 0.25) is 0 Å². The molecule has 0 spiro atoms. The Balaban J connectivity index is 1.70. The zero-order chi connectivity index (χ0) is 17.8. The van der Waals surface area contributed by atoms with Gasteiger partial charge in [0.15, 0.2) is 0 Å². The Hall–Kier alpha value is -2.83. The number of carbonyl (C=O) groups is 1. The number of carbonyl (C=O) groups excluding carboxylic acids is 1. The molecule has 0 saturated carbocycles. The van der Waals surface area contributed by atoms with Gasteiger partial charge in [-0.2, -0.15) is 13.2 Å². The molecule has 4 nitrogen and oxygen atoms in total. The third kappa shape index (κ3) is 2.56. The van der Waals surface area contributed by atoms with Crippen LogP contribution in [0.4, 0.5) is 13.2 Å². The number of amides is 1. The fourth-order valence-electron chi connectivity index (χ4n) is 3.24. The summed E-state index contributed by atoms with van der Waals surface area (Å²) in [5.74, 6) is -0.217. The molecule has 7 heteroatoms. The summed E-state index contributed by atoms with van der Waals surface area (Å²) >= 11 is 0. The summed E-state index contributed by atoms with van der Waals surface area (Å²) in [7, 11) is 1.68. The summed E-state index contributed by atoms with van der Waals surface area (Å²) in [4.78, 5) is 18.8. The van der Waals surface area contributed by atoms with Crippen LogP contribution < -0.4 is 0 Å². The van der Waals surface area contributed by atoms with Gasteiger partial charge in [0.05, 0.1) is 17.8 Å². The van der Waals surface area contributed by atoms with Gasteiger partial charge in [-0.1, -0.05) is 6.07 Å². The fraction of sp³-hybridized carbons (Fsp3) is 0.222. The van der Waals surface area contributed by atoms with Crippen molar-refractivity contribution in [3.05, 3.63) is 65.1 Å². The van der Waals surface area contributed by atoms with E-state index in [1.54, 1.807) is 22.7 Å². The maximum absolute atomic E-state index is 12.9. The van der Waals surface area contributed by atoms with E-state index in [4.69, 9.17) is 0 Å². The van der Waals surface area contributed by atoms with Gasteiger partial charge in [0.1, 0.15) is 5.69 Å². The molecule has 0 N–H and O–H groups in total. The molecule has 0 aliphatic carbocycles. The number of aromatic nitrogens is 2. The molecule has 0 bridgehead atoms. The first-order valence-corrected chi connectivity index (χ1v) is 7.73. The molecule has 0 unspecified atom stereocenters. The van der Waals surface area contributed by atoms with Gasteiger partial charge in [-0.05, 0) is 35.9 Å². The first kappa shape index (κ1) is 15.7. The van der Waals surface area contributed by atoms with E-state index in [1.165, 1.54) is 12.1 Å². The van der Waals surface area contributed by atoms with Crippen LogP contribution in [0.1, 0.15) is 27.3 Å². The SMILES string of the molecule is Cn1c(C(=O)N2Cc3cccnc3C2)cc2cc(C(F)(F)F)ccc21. The molecular formula is C18H14F3N3O. The Labute approximate surface area is 141 Å². The predicted molar refractivity (Wildman–Crippen MR) is 85.7 cm³/mol. The molecule has 0 radical (unpaired) electrons. The summed E-state index contributed by atoms with van der Waals surface area (Å²) in [5.41, 5.74) is 2.08. The molecule has 25 heavy (non-hydrogen) atoms. The van der Waals surface area contributed by atoms with E-state index in [2.05, 4.69) is 4.98 Å². The molecule has 0 fully saturated rings. The average molecular weight is 345 g/mol. The molecule has 128 valence electrons. The van der Waals surface area contributed by atoms with Crippen LogP contribution in [-0.4, -0.2) is 20.4 Å². The average Bonchev–Trinajstić information content (AvgIpc) is 3.14. The molecule has 1 aromatic carbocycles. The zero-order valence-corrected chi connectivity index (χ0v) is 13.3. The number of benzene rings is 1. The first-order chi connectivity index (χ1) is 11.8. The largest absolute Gasteiger partial charge is 0.416 e. The molecule has 0 atom stereocenters. The summed E-state index contributed by atoms with van der Waals surface area (Å²) in [6.07, 6.45) is -2.72. The molecule has 0 saturated heterocycles. The van der Waals surface area contributed by atoms with Crippen LogP contribution in [0.3, 0.4) is 0 Å². The smallest absolute Gasteiger partial charge is 0.340 e. The van der Waals surface area contributed by atoms with Gasteiger partial charge in [0.25, 0.3) is 5.91 Å². The monoisotopic (exact) mass is 345 g/mol. The van der Waals surface area contributed by atoms with Gasteiger partial charge in [-0.3, -0.25) is 9.78 Å². The van der Waals surface area contributed by atoms with Crippen molar-refractivity contribution in [3.8, 4) is 0 Å². The molecule has 3 aromatic rings. The van der Waals surface area contributed by atoms with E-state index in [9.17, 15) is 18.0 Å². The Kier molecular flexibility index (Phi) is 3.35. The summed E-state index contributed by atoms with van der Waals surface area (Å²) in [5, 5.41) is 0.399. The van der Waals surface area contributed by atoms with E-state index in [1.807, 2.05) is 12.1 Å². The van der Waals surface area contributed by atoms with Crippen LogP contribution in [0.15, 0.2) is 42.6 Å². The number of hydrogen-bond acceptors (Lipinski definition) is 2. The van der Waals surface area contributed by atoms with Crippen molar-refractivity contribution >= 4 is 16.8 Å². The third-order valence-electron chi connectivity index (χ3n) is 4.56. The number of fused-ring (bicyclic) bond motifs is 2. The number of aryl methyl sites for hydroxylation is 1. The molecule has 1 aliphatic rings. The van der Waals surface area contributed by atoms with Crippen LogP contribution in [-0.2, 0) is 26.3 Å². The Morgan fingerprint density at radius 3 is 2.68 bits per heavy atom. The van der Waals surface area contributed by atoms with Crippen molar-refractivity contribution in [2.45, 2.75) is 19.3 Å². The zero-order valence-electron chi connectivity index (χ0n) is 13.3. The highest BCUT2D eigenvalue weighted by Gasteiger charge is 2.31. The van der Waals surface area contributed by atoms with Crippen molar-refractivity contribution in [3.63, 3.8) is 0 Å². The van der Waals surface area contributed by atoms with Crippen LogP contribution in [0.2, 0.25) is 0 Å². The van der Waals surface area contributed by atoms with E-state index < -0.39 is 11.7 Å². The van der Waals surface area contributed by atoms with Crippen LogP contribution in [0, 0.1) is 0 Å². The van der Waals surface area contributed by atoms with E-state index in [0.29, 0.717) is 29.7 Å². The minimum Gasteiger partial charge on any atom is -0.340 e. The second-order valence-electron chi connectivity index (χ2n) is 6.13. The summed E-state index contributed by atoms with van der Waals surface area (Å²) in [6, 6.07) is 8.77. The van der Waals surface area contributed by atoms with E-state index in [-0.39, 0.29) is 5.91 Å². The number of nitrogens with zero attached hydrogens (tertiary/aromatic N) is 3. The highest BCUT2D eigenvalue weighted by atomic mass is 19.4. The lowest BCUT2D eigenvalue weighted by molar-refractivity contribution is -0.137. The lowest BCUT2D eigenvalue weighted by Crippen LogP contribution is -2.27. The van der Waals surface area contributed by atoms with Crippen molar-refractivity contribution in [2.75, 3.05) is 0 Å². The second kappa shape index (κ2) is 5.34. The highest BCUT2D eigenvalue weighted by molar-refractivity contribution is 5.99. The van der Waals surface area contributed by atoms with Crippen molar-refractivity contribution in [1.82, 2.24) is 14.5 Å². The molecule has 2 aromatic heterocycles. The molecule has 3 heterocycles. The van der Waals surface area contributed by atoms with E-state index >= 15 is 0 Å². The molecular weight excluding hydrogens is 331 g/mol. The van der Waals surface area contributed by atoms with E-state index in [0.717, 1.165) is 23.4 Å². The first-order valence-electron chi connectivity index (χ1n) is 7.73. The third-order valence-corrected chi connectivity index (χ3v) is 4.56. The summed E-state index contributed by atoms with van der Waals surface area (Å²) in [6.45, 7) is 0.863. The van der Waals surface area contributed by atoms with Gasteiger partial charge >= 0.3 is 6.18 Å². The molecule has 4 rings (SSSR count). The van der Waals surface area contributed by atoms with Gasteiger partial charge in [-0.25, -0.2) is 0 Å². The topological polar surface area (TPSA) is 38.1 Å². The normalized spacial score (nSPS) is 14.2. The lowest BCUT2D eigenvalue weighted by atomic mass is 10.1. The highest BCUT2D eigenvalue weighted by Crippen LogP contribution is 2.32. The fourth-order valence-corrected chi connectivity index (χ4v) is 3.24. The number of alkyl halides is 3. The number of hydrogen-bond donors (Lipinski definition) is 0. The van der Waals surface area contributed by atoms with Crippen LogP contribution in [0.5, 0.6) is 0 Å². The minimum atomic E-state index is -4.41. The van der Waals surface area contributed by atoms with Gasteiger partial charge in [-0.15, -0.1) is 0 Å². The van der Waals surface area contributed by atoms with Crippen molar-refractivity contribution in [2.24, 2.45) is 7.05 Å². The number of rotatable bonds is 1. The summed E-state index contributed by atoms with van der Waals surface area (Å²) < 4.78 is 40.3. The minimum absolute atomic E-state index is 0.217. The Morgan fingerprint density at radius 1 is 1.16 bits per heavy atom. The van der Waals surface area contributed by atoms with Gasteiger partial charge in [0, 0.05) is 30.7 Å². The predicted octanol–water partition coefficient (Wildman–Crippen LogP) is 3.75. The Bertz CT molecular complexity index is 966. The quantitative estimate of drug-likeness (QED) is 0.674. The molecule has 1 amide bonds. The maximum Gasteiger partial charge on any atom is 0.416 e. The maximum atomic E-state index is 12.9. The van der Waals surface area contributed by atoms with Crippen LogP contribution in [0.25, 0.3) is 10.9 Å². The van der Waals surface area contributed by atoms with Gasteiger partial charge < -0.3 is 9.47 Å². The molecule has 1 aliphatic heterocycles. The second-order valence-corrected chi connectivity index (χ2v) is 6.13. The number of pyridine rings is 1.